The Morgan fingerprint density at radius 2 is 1.79 bits per heavy atom. The van der Waals surface area contributed by atoms with Crippen LogP contribution in [0.4, 0.5) is 5.82 Å². The van der Waals surface area contributed by atoms with E-state index >= 15 is 0 Å². The van der Waals surface area contributed by atoms with Gasteiger partial charge >= 0.3 is 0 Å². The van der Waals surface area contributed by atoms with Gasteiger partial charge in [0.05, 0.1) is 17.3 Å². The van der Waals surface area contributed by atoms with Gasteiger partial charge in [-0.15, -0.1) is 0 Å². The number of nitrogens with zero attached hydrogens (tertiary/aromatic N) is 7. The Kier molecular flexibility index (Phi) is 4.74. The summed E-state index contributed by atoms with van der Waals surface area (Å²) in [5.74, 6) is 0.987. The van der Waals surface area contributed by atoms with Gasteiger partial charge < -0.3 is 9.47 Å². The quantitative estimate of drug-likeness (QED) is 0.476. The molecular formula is C26H25N7O. The Balaban J connectivity index is 1.42. The van der Waals surface area contributed by atoms with Crippen molar-refractivity contribution in [2.24, 2.45) is 7.05 Å². The first-order valence-electron chi connectivity index (χ1n) is 11.5. The van der Waals surface area contributed by atoms with Crippen LogP contribution in [0.15, 0.2) is 59.9 Å². The second-order valence-corrected chi connectivity index (χ2v) is 9.33. The smallest absolute Gasteiger partial charge is 0.250 e. The average molecular weight is 452 g/mol. The first kappa shape index (κ1) is 20.6. The Labute approximate surface area is 197 Å². The van der Waals surface area contributed by atoms with E-state index in [0.29, 0.717) is 17.6 Å². The molecule has 0 amide bonds. The summed E-state index contributed by atoms with van der Waals surface area (Å²) in [7, 11) is 3.96. The van der Waals surface area contributed by atoms with E-state index in [1.165, 1.54) is 17.4 Å². The first-order chi connectivity index (χ1) is 16.5. The number of hydrogen-bond donors (Lipinski definition) is 0. The second kappa shape index (κ2) is 7.82. The van der Waals surface area contributed by atoms with Gasteiger partial charge in [0, 0.05) is 73.6 Å². The molecule has 2 aliphatic heterocycles. The number of fused-ring (bicyclic) bond motifs is 3. The molecule has 0 N–H and O–H groups in total. The van der Waals surface area contributed by atoms with Crippen molar-refractivity contribution in [3.8, 4) is 28.3 Å². The molecule has 2 atom stereocenters. The summed E-state index contributed by atoms with van der Waals surface area (Å²) < 4.78 is 3.25. The lowest BCUT2D eigenvalue weighted by molar-refractivity contribution is 0.212. The van der Waals surface area contributed by atoms with Gasteiger partial charge in [0.2, 0.25) is 0 Å². The zero-order valence-corrected chi connectivity index (χ0v) is 19.2. The summed E-state index contributed by atoms with van der Waals surface area (Å²) in [6.07, 6.45) is 9.57. The molecule has 2 aliphatic rings. The molecule has 4 aromatic rings. The molecule has 2 saturated heterocycles. The number of nitriles is 1. The van der Waals surface area contributed by atoms with Crippen molar-refractivity contribution in [3.05, 3.63) is 71.0 Å². The van der Waals surface area contributed by atoms with Crippen LogP contribution in [-0.2, 0) is 7.05 Å². The van der Waals surface area contributed by atoms with Gasteiger partial charge in [0.1, 0.15) is 11.9 Å². The first-order valence-corrected chi connectivity index (χ1v) is 11.5. The van der Waals surface area contributed by atoms with Crippen LogP contribution in [0.2, 0.25) is 0 Å². The fourth-order valence-electron chi connectivity index (χ4n) is 5.34. The molecule has 8 heteroatoms. The minimum absolute atomic E-state index is 0.0792. The minimum atomic E-state index is -0.0792. The monoisotopic (exact) mass is 451 g/mol. The molecule has 6 heterocycles. The Bertz CT molecular complexity index is 1480. The summed E-state index contributed by atoms with van der Waals surface area (Å²) >= 11 is 0. The number of piperazine rings is 1. The van der Waals surface area contributed by atoms with Gasteiger partial charge in [0.25, 0.3) is 5.56 Å². The number of aryl methyl sites for hydroxylation is 1. The molecule has 6 rings (SSSR count). The fraction of sp³-hybridized carbons (Fsp3) is 0.308. The highest BCUT2D eigenvalue weighted by atomic mass is 16.1. The van der Waals surface area contributed by atoms with Crippen LogP contribution in [0, 0.1) is 11.3 Å². The summed E-state index contributed by atoms with van der Waals surface area (Å²) in [5.41, 5.74) is 4.60. The van der Waals surface area contributed by atoms with Crippen LogP contribution in [0.25, 0.3) is 27.8 Å². The van der Waals surface area contributed by atoms with Crippen LogP contribution in [0.1, 0.15) is 18.4 Å². The van der Waals surface area contributed by atoms with E-state index < -0.39 is 0 Å². The Morgan fingerprint density at radius 3 is 2.47 bits per heavy atom. The van der Waals surface area contributed by atoms with Crippen molar-refractivity contribution in [1.29, 1.82) is 5.26 Å². The number of pyridine rings is 3. The molecule has 0 saturated carbocycles. The molecule has 0 radical (unpaired) electrons. The SMILES string of the molecule is CN1C2CCC1CN(c1ccc(-c3cc(-c4ccn(C)c(=O)c4)cn4ncc(C#N)c34)cn1)C2. The molecule has 2 bridgehead atoms. The molecule has 34 heavy (non-hydrogen) atoms. The van der Waals surface area contributed by atoms with Gasteiger partial charge in [0.15, 0.2) is 0 Å². The molecule has 8 nitrogen and oxygen atoms in total. The summed E-state index contributed by atoms with van der Waals surface area (Å²) in [4.78, 5) is 21.9. The molecule has 0 aliphatic carbocycles. The van der Waals surface area contributed by atoms with Crippen LogP contribution >= 0.6 is 0 Å². The van der Waals surface area contributed by atoms with Gasteiger partial charge in [-0.3, -0.25) is 9.69 Å². The van der Waals surface area contributed by atoms with E-state index in [1.807, 2.05) is 24.5 Å². The van der Waals surface area contributed by atoms with Crippen LogP contribution < -0.4 is 10.5 Å². The second-order valence-electron chi connectivity index (χ2n) is 9.33. The number of anilines is 1. The third-order valence-corrected chi connectivity index (χ3v) is 7.40. The predicted molar refractivity (Wildman–Crippen MR) is 131 cm³/mol. The summed E-state index contributed by atoms with van der Waals surface area (Å²) in [6.45, 7) is 2.01. The zero-order valence-electron chi connectivity index (χ0n) is 19.2. The van der Waals surface area contributed by atoms with Crippen LogP contribution in [0.3, 0.4) is 0 Å². The zero-order chi connectivity index (χ0) is 23.4. The van der Waals surface area contributed by atoms with E-state index in [9.17, 15) is 10.1 Å². The maximum absolute atomic E-state index is 12.2. The van der Waals surface area contributed by atoms with E-state index in [1.54, 1.807) is 30.0 Å². The van der Waals surface area contributed by atoms with E-state index in [0.717, 1.165) is 46.7 Å². The third-order valence-electron chi connectivity index (χ3n) is 7.40. The van der Waals surface area contributed by atoms with E-state index in [-0.39, 0.29) is 5.56 Å². The van der Waals surface area contributed by atoms with Crippen LogP contribution in [0.5, 0.6) is 0 Å². The topological polar surface area (TPSA) is 82.5 Å². The maximum Gasteiger partial charge on any atom is 0.250 e. The summed E-state index contributed by atoms with van der Waals surface area (Å²) in [5, 5.41) is 14.1. The van der Waals surface area contributed by atoms with Crippen molar-refractivity contribution in [1.82, 2.24) is 24.1 Å². The van der Waals surface area contributed by atoms with Gasteiger partial charge in [-0.05, 0) is 49.7 Å². The number of likely N-dealkylation sites (N-methyl/N-ethyl adjacent to an activating group) is 1. The largest absolute Gasteiger partial charge is 0.353 e. The Morgan fingerprint density at radius 1 is 1.00 bits per heavy atom. The van der Waals surface area contributed by atoms with Crippen molar-refractivity contribution in [2.75, 3.05) is 25.0 Å². The van der Waals surface area contributed by atoms with Gasteiger partial charge in [-0.1, -0.05) is 0 Å². The lowest BCUT2D eigenvalue weighted by atomic mass is 10.0. The van der Waals surface area contributed by atoms with Gasteiger partial charge in [-0.2, -0.15) is 10.4 Å². The maximum atomic E-state index is 12.2. The van der Waals surface area contributed by atoms with E-state index in [4.69, 9.17) is 4.98 Å². The lowest BCUT2D eigenvalue weighted by Crippen LogP contribution is -2.52. The van der Waals surface area contributed by atoms with Gasteiger partial charge in [-0.25, -0.2) is 9.50 Å². The van der Waals surface area contributed by atoms with Crippen molar-refractivity contribution in [2.45, 2.75) is 24.9 Å². The van der Waals surface area contributed by atoms with E-state index in [2.05, 4.69) is 40.1 Å². The molecule has 0 spiro atoms. The fourth-order valence-corrected chi connectivity index (χ4v) is 5.34. The minimum Gasteiger partial charge on any atom is -0.353 e. The van der Waals surface area contributed by atoms with Crippen LogP contribution in [-0.4, -0.2) is 56.3 Å². The highest BCUT2D eigenvalue weighted by Crippen LogP contribution is 2.34. The van der Waals surface area contributed by atoms with Crippen molar-refractivity contribution < 1.29 is 0 Å². The molecule has 2 unspecified atom stereocenters. The van der Waals surface area contributed by atoms with Crippen molar-refractivity contribution in [3.63, 3.8) is 0 Å². The third kappa shape index (κ3) is 3.28. The molecule has 0 aromatic carbocycles. The summed E-state index contributed by atoms with van der Waals surface area (Å²) in [6, 6.07) is 13.1. The number of rotatable bonds is 3. The highest BCUT2D eigenvalue weighted by Gasteiger charge is 2.37. The highest BCUT2D eigenvalue weighted by molar-refractivity contribution is 5.87. The average Bonchev–Trinajstić information content (AvgIpc) is 3.34. The van der Waals surface area contributed by atoms with Crippen molar-refractivity contribution >= 4 is 11.3 Å². The normalized spacial score (nSPS) is 20.1. The molecule has 170 valence electrons. The standard InChI is InChI=1S/C26H25N7O/c1-30-8-7-17(10-25(30)34)19-9-23(26-20(11-27)13-29-33(26)14-19)18-3-6-24(28-12-18)32-15-21-4-5-22(16-32)31(21)2/h3,6-10,12-14,21-22H,4-5,15-16H2,1-2H3. The molecular weight excluding hydrogens is 426 g/mol. The Hall–Kier alpha value is -3.96. The molecule has 2 fully saturated rings. The lowest BCUT2D eigenvalue weighted by Gasteiger charge is -2.39. The predicted octanol–water partition coefficient (Wildman–Crippen LogP) is 2.92. The molecule has 4 aromatic heterocycles. The number of hydrogen-bond acceptors (Lipinski definition) is 6. The number of aromatic nitrogens is 4.